The average Bonchev–Trinajstić information content (AvgIpc) is 3.17. The van der Waals surface area contributed by atoms with E-state index >= 15 is 0 Å². The molecule has 0 fully saturated rings. The minimum atomic E-state index is -4.27. The molecule has 0 amide bonds. The molecule has 0 saturated heterocycles. The number of aromatic hydroxyl groups is 1. The van der Waals surface area contributed by atoms with Crippen molar-refractivity contribution < 1.29 is 30.7 Å². The van der Waals surface area contributed by atoms with Crippen molar-refractivity contribution in [2.24, 2.45) is 0 Å². The molecule has 0 unspecified atom stereocenters. The number of phenolic OH excluding ortho intramolecular Hbond substituents is 1. The Morgan fingerprint density at radius 1 is 0.812 bits per heavy atom. The molecule has 0 aliphatic rings. The topological polar surface area (TPSA) is 157 Å². The SMILES string of the molecule is O=S(=O)(O)c1ccc2c(ccc3nn(-c4ccc5c(O)cccc5c4)nc32)c1.O=S(=O)=O. The Morgan fingerprint density at radius 2 is 1.50 bits per heavy atom. The molecule has 0 saturated carbocycles. The van der Waals surface area contributed by atoms with E-state index in [4.69, 9.17) is 12.6 Å². The van der Waals surface area contributed by atoms with Crippen LogP contribution in [0.15, 0.2) is 71.6 Å². The Balaban J connectivity index is 0.000000567. The minimum Gasteiger partial charge on any atom is -0.507 e. The summed E-state index contributed by atoms with van der Waals surface area (Å²) in [4.78, 5) is 1.34. The van der Waals surface area contributed by atoms with Crippen LogP contribution in [-0.4, -0.2) is 45.7 Å². The van der Waals surface area contributed by atoms with E-state index in [9.17, 15) is 18.1 Å². The van der Waals surface area contributed by atoms with Crippen molar-refractivity contribution in [1.82, 2.24) is 15.0 Å². The van der Waals surface area contributed by atoms with Crippen LogP contribution in [-0.2, 0) is 20.7 Å². The van der Waals surface area contributed by atoms with Crippen LogP contribution >= 0.6 is 0 Å². The zero-order valence-corrected chi connectivity index (χ0v) is 17.6. The van der Waals surface area contributed by atoms with E-state index in [-0.39, 0.29) is 10.6 Å². The van der Waals surface area contributed by atoms with Crippen LogP contribution in [0, 0.1) is 0 Å². The first-order valence-electron chi connectivity index (χ1n) is 8.90. The van der Waals surface area contributed by atoms with Gasteiger partial charge in [0, 0.05) is 10.8 Å². The van der Waals surface area contributed by atoms with E-state index in [0.717, 1.165) is 21.8 Å². The summed E-state index contributed by atoms with van der Waals surface area (Å²) in [5.74, 6) is 0.211. The third-order valence-electron chi connectivity index (χ3n) is 4.71. The van der Waals surface area contributed by atoms with E-state index in [1.807, 2.05) is 24.3 Å². The highest BCUT2D eigenvalue weighted by Crippen LogP contribution is 2.28. The first-order valence-corrected chi connectivity index (χ1v) is 11.3. The lowest BCUT2D eigenvalue weighted by Crippen LogP contribution is -1.98. The molecule has 1 aromatic heterocycles. The van der Waals surface area contributed by atoms with Crippen molar-refractivity contribution in [3.05, 3.63) is 66.7 Å². The Labute approximate surface area is 182 Å². The van der Waals surface area contributed by atoms with Crippen LogP contribution in [0.1, 0.15) is 0 Å². The fourth-order valence-corrected chi connectivity index (χ4v) is 3.86. The van der Waals surface area contributed by atoms with Crippen LogP contribution in [0.5, 0.6) is 5.75 Å². The van der Waals surface area contributed by atoms with Crippen LogP contribution in [0.25, 0.3) is 38.3 Å². The highest BCUT2D eigenvalue weighted by Gasteiger charge is 2.13. The van der Waals surface area contributed by atoms with Crippen molar-refractivity contribution >= 4 is 53.3 Å². The second kappa shape index (κ2) is 8.00. The van der Waals surface area contributed by atoms with Crippen LogP contribution in [0.2, 0.25) is 0 Å². The predicted octanol–water partition coefficient (Wildman–Crippen LogP) is 2.68. The third-order valence-corrected chi connectivity index (χ3v) is 5.56. The number of rotatable bonds is 2. The zero-order valence-electron chi connectivity index (χ0n) is 15.9. The summed E-state index contributed by atoms with van der Waals surface area (Å²) in [6, 6.07) is 18.7. The highest BCUT2D eigenvalue weighted by molar-refractivity contribution is 7.85. The average molecular weight is 471 g/mol. The lowest BCUT2D eigenvalue weighted by atomic mass is 10.1. The van der Waals surface area contributed by atoms with Gasteiger partial charge in [-0.3, -0.25) is 4.55 Å². The van der Waals surface area contributed by atoms with Gasteiger partial charge in [-0.2, -0.15) is 13.2 Å². The number of nitrogens with zero attached hydrogens (tertiary/aromatic N) is 3. The fraction of sp³-hybridized carbons (Fsp3) is 0. The third kappa shape index (κ3) is 4.14. The molecule has 12 heteroatoms. The number of hydrogen-bond donors (Lipinski definition) is 2. The highest BCUT2D eigenvalue weighted by atomic mass is 32.2. The van der Waals surface area contributed by atoms with Crippen molar-refractivity contribution in [3.63, 3.8) is 0 Å². The molecule has 4 aromatic carbocycles. The van der Waals surface area contributed by atoms with Gasteiger partial charge in [-0.05, 0) is 53.2 Å². The van der Waals surface area contributed by atoms with Gasteiger partial charge < -0.3 is 5.11 Å². The minimum absolute atomic E-state index is 0.166. The Kier molecular flexibility index (Phi) is 5.34. The standard InChI is InChI=1S/C20H13N3O4S.O3S/c24-19-3-1-2-12-10-14(5-7-16(12)19)23-21-18-9-4-13-11-15(28(25,26)27)6-8-17(13)20(18)22-23;1-4(2)3/h1-11,24H,(H,25,26,27);. The molecule has 1 heterocycles. The van der Waals surface area contributed by atoms with Gasteiger partial charge in [-0.1, -0.05) is 24.3 Å². The molecule has 2 N–H and O–H groups in total. The Bertz CT molecular complexity index is 1720. The molecule has 0 atom stereocenters. The van der Waals surface area contributed by atoms with Crippen LogP contribution < -0.4 is 0 Å². The second-order valence-electron chi connectivity index (χ2n) is 6.67. The molecule has 32 heavy (non-hydrogen) atoms. The molecule has 0 aliphatic heterocycles. The smallest absolute Gasteiger partial charge is 0.425 e. The molecular weight excluding hydrogens is 458 g/mol. The summed E-state index contributed by atoms with van der Waals surface area (Å²) in [6.07, 6.45) is 0. The number of benzene rings is 4. The number of phenols is 1. The maximum Gasteiger partial charge on any atom is 0.425 e. The van der Waals surface area contributed by atoms with Gasteiger partial charge in [0.25, 0.3) is 10.1 Å². The zero-order chi connectivity index (χ0) is 23.0. The summed E-state index contributed by atoms with van der Waals surface area (Å²) in [6.45, 7) is 0. The fourth-order valence-electron chi connectivity index (χ4n) is 3.34. The van der Waals surface area contributed by atoms with Crippen molar-refractivity contribution in [3.8, 4) is 11.4 Å². The van der Waals surface area contributed by atoms with E-state index in [0.29, 0.717) is 16.4 Å². The number of hydrogen-bond acceptors (Lipinski definition) is 8. The predicted molar refractivity (Wildman–Crippen MR) is 115 cm³/mol. The van der Waals surface area contributed by atoms with Gasteiger partial charge >= 0.3 is 10.6 Å². The molecule has 5 rings (SSSR count). The first kappa shape index (κ1) is 21.4. The monoisotopic (exact) mass is 471 g/mol. The molecule has 0 aliphatic carbocycles. The Morgan fingerprint density at radius 3 is 2.22 bits per heavy atom. The largest absolute Gasteiger partial charge is 0.507 e. The molecule has 162 valence electrons. The van der Waals surface area contributed by atoms with E-state index in [1.165, 1.54) is 16.9 Å². The van der Waals surface area contributed by atoms with Gasteiger partial charge in [0.2, 0.25) is 0 Å². The van der Waals surface area contributed by atoms with Crippen molar-refractivity contribution in [1.29, 1.82) is 0 Å². The molecule has 0 bridgehead atoms. The summed E-state index contributed by atoms with van der Waals surface area (Å²) in [5.41, 5.74) is 2.01. The summed E-state index contributed by atoms with van der Waals surface area (Å²) >= 11 is 0. The molecule has 0 spiro atoms. The number of aromatic nitrogens is 3. The normalized spacial score (nSPS) is 11.4. The lowest BCUT2D eigenvalue weighted by Gasteiger charge is -2.04. The summed E-state index contributed by atoms with van der Waals surface area (Å²) in [7, 11) is -7.38. The molecule has 0 radical (unpaired) electrons. The number of fused-ring (bicyclic) bond motifs is 4. The summed E-state index contributed by atoms with van der Waals surface area (Å²) < 4.78 is 57.3. The van der Waals surface area contributed by atoms with Crippen LogP contribution in [0.4, 0.5) is 0 Å². The van der Waals surface area contributed by atoms with Gasteiger partial charge in [-0.15, -0.1) is 22.8 Å². The van der Waals surface area contributed by atoms with Crippen molar-refractivity contribution in [2.75, 3.05) is 0 Å². The maximum absolute atomic E-state index is 11.4. The van der Waals surface area contributed by atoms with Crippen LogP contribution in [0.3, 0.4) is 0 Å². The van der Waals surface area contributed by atoms with E-state index in [2.05, 4.69) is 10.2 Å². The van der Waals surface area contributed by atoms with E-state index < -0.39 is 20.7 Å². The quantitative estimate of drug-likeness (QED) is 0.369. The van der Waals surface area contributed by atoms with Gasteiger partial charge in [0.15, 0.2) is 0 Å². The van der Waals surface area contributed by atoms with Gasteiger partial charge in [0.05, 0.1) is 10.6 Å². The summed E-state index contributed by atoms with van der Waals surface area (Å²) in [5, 5.41) is 22.0. The van der Waals surface area contributed by atoms with E-state index in [1.54, 1.807) is 30.3 Å². The maximum atomic E-state index is 11.4. The lowest BCUT2D eigenvalue weighted by molar-refractivity contribution is 0.481. The van der Waals surface area contributed by atoms with Gasteiger partial charge in [0.1, 0.15) is 16.8 Å². The molecule has 5 aromatic rings. The molecule has 10 nitrogen and oxygen atoms in total. The Hall–Kier alpha value is -3.87. The first-order chi connectivity index (χ1) is 15.1. The molecular formula is C20H13N3O7S2. The van der Waals surface area contributed by atoms with Gasteiger partial charge in [-0.25, -0.2) is 0 Å². The van der Waals surface area contributed by atoms with Crippen molar-refractivity contribution in [2.45, 2.75) is 4.90 Å². The second-order valence-corrected chi connectivity index (χ2v) is 8.50.